The van der Waals surface area contributed by atoms with E-state index in [1.54, 1.807) is 5.48 Å². The van der Waals surface area contributed by atoms with E-state index in [1.807, 2.05) is 10.9 Å². The summed E-state index contributed by atoms with van der Waals surface area (Å²) in [5.41, 5.74) is 2.95. The first-order valence-electron chi connectivity index (χ1n) is 6.93. The predicted octanol–water partition coefficient (Wildman–Crippen LogP) is 1.30. The monoisotopic (exact) mass is 274 g/mol. The number of hydrogen-bond acceptors (Lipinski definition) is 4. The molecule has 0 aromatic heterocycles. The molecule has 0 aliphatic carbocycles. The number of hydroxylamine groups is 1. The molecule has 6 heteroatoms. The van der Waals surface area contributed by atoms with Crippen LogP contribution in [0.25, 0.3) is 0 Å². The van der Waals surface area contributed by atoms with Crippen LogP contribution in [-0.2, 0) is 6.54 Å². The Labute approximate surface area is 120 Å². The van der Waals surface area contributed by atoms with Gasteiger partial charge in [0.1, 0.15) is 0 Å². The number of carbonyl (C=O) groups is 1. The van der Waals surface area contributed by atoms with E-state index in [2.05, 4.69) is 43.0 Å². The Bertz CT molecular complexity index is 431. The van der Waals surface area contributed by atoms with Crippen LogP contribution in [0.3, 0.4) is 0 Å². The van der Waals surface area contributed by atoms with E-state index in [1.165, 1.54) is 13.0 Å². The van der Waals surface area contributed by atoms with Crippen molar-refractivity contribution >= 4 is 13.2 Å². The lowest BCUT2D eigenvalue weighted by Crippen LogP contribution is -2.58. The summed E-state index contributed by atoms with van der Waals surface area (Å²) in [6.07, 6.45) is 0. The first kappa shape index (κ1) is 15.0. The molecule has 1 aliphatic rings. The SMILES string of the molecule is C[C@@H]1CN([B]C(=O)NO)C[C@H](C)N1Cc1ccccc1. The summed E-state index contributed by atoms with van der Waals surface area (Å²) in [6, 6.07) is 11.1. The summed E-state index contributed by atoms with van der Waals surface area (Å²) < 4.78 is 0. The molecule has 0 spiro atoms. The number of hydrogen-bond donors (Lipinski definition) is 2. The number of carbonyl (C=O) groups excluding carboxylic acids is 1. The summed E-state index contributed by atoms with van der Waals surface area (Å²) in [4.78, 5) is 15.6. The molecule has 107 valence electrons. The van der Waals surface area contributed by atoms with Gasteiger partial charge < -0.3 is 4.81 Å². The Kier molecular flexibility index (Phi) is 5.17. The van der Waals surface area contributed by atoms with Crippen LogP contribution in [0.2, 0.25) is 0 Å². The zero-order valence-corrected chi connectivity index (χ0v) is 12.0. The van der Waals surface area contributed by atoms with Crippen molar-refractivity contribution in [3.05, 3.63) is 35.9 Å². The topological polar surface area (TPSA) is 55.8 Å². The van der Waals surface area contributed by atoms with Crippen LogP contribution < -0.4 is 5.48 Å². The van der Waals surface area contributed by atoms with Gasteiger partial charge in [0.15, 0.2) is 0 Å². The molecular formula is C14H21BN3O2. The van der Waals surface area contributed by atoms with Crippen molar-refractivity contribution in [2.75, 3.05) is 13.1 Å². The van der Waals surface area contributed by atoms with E-state index in [0.29, 0.717) is 12.1 Å². The van der Waals surface area contributed by atoms with Crippen LogP contribution in [0.15, 0.2) is 30.3 Å². The molecule has 5 nitrogen and oxygen atoms in total. The fraction of sp³-hybridized carbons (Fsp3) is 0.500. The maximum absolute atomic E-state index is 11.2. The Morgan fingerprint density at radius 3 is 2.45 bits per heavy atom. The van der Waals surface area contributed by atoms with Gasteiger partial charge in [-0.05, 0) is 19.4 Å². The summed E-state index contributed by atoms with van der Waals surface area (Å²) in [5.74, 6) is -0.471. The minimum atomic E-state index is -0.471. The van der Waals surface area contributed by atoms with Crippen LogP contribution in [0.5, 0.6) is 0 Å². The van der Waals surface area contributed by atoms with Crippen LogP contribution in [0.4, 0.5) is 4.79 Å². The number of benzene rings is 1. The van der Waals surface area contributed by atoms with E-state index in [0.717, 1.165) is 19.6 Å². The second kappa shape index (κ2) is 6.88. The summed E-state index contributed by atoms with van der Waals surface area (Å²) in [7, 11) is 1.44. The van der Waals surface area contributed by atoms with E-state index in [-0.39, 0.29) is 0 Å². The molecule has 0 saturated carbocycles. The van der Waals surface area contributed by atoms with Gasteiger partial charge in [0, 0.05) is 31.7 Å². The third kappa shape index (κ3) is 3.82. The first-order chi connectivity index (χ1) is 9.60. The van der Waals surface area contributed by atoms with Crippen LogP contribution in [0.1, 0.15) is 19.4 Å². The molecular weight excluding hydrogens is 253 g/mol. The first-order valence-corrected chi connectivity index (χ1v) is 6.93. The Hall–Kier alpha value is -1.37. The molecule has 2 rings (SSSR count). The average molecular weight is 274 g/mol. The molecule has 1 aromatic carbocycles. The largest absolute Gasteiger partial charge is 0.335 e. The predicted molar refractivity (Wildman–Crippen MR) is 78.6 cm³/mol. The molecule has 1 aromatic rings. The van der Waals surface area contributed by atoms with Crippen molar-refractivity contribution in [2.24, 2.45) is 0 Å². The molecule has 1 heterocycles. The van der Waals surface area contributed by atoms with Gasteiger partial charge in [-0.1, -0.05) is 30.3 Å². The highest BCUT2D eigenvalue weighted by Gasteiger charge is 2.30. The number of rotatable bonds is 4. The Balaban J connectivity index is 1.95. The van der Waals surface area contributed by atoms with Crippen molar-refractivity contribution in [1.29, 1.82) is 0 Å². The summed E-state index contributed by atoms with van der Waals surface area (Å²) in [6.45, 7) is 6.81. The van der Waals surface area contributed by atoms with Crippen molar-refractivity contribution in [2.45, 2.75) is 32.5 Å². The van der Waals surface area contributed by atoms with E-state index < -0.39 is 5.81 Å². The highest BCUT2D eigenvalue weighted by molar-refractivity contribution is 6.71. The number of nitrogens with one attached hydrogen (secondary N) is 1. The summed E-state index contributed by atoms with van der Waals surface area (Å²) in [5, 5.41) is 8.58. The minimum absolute atomic E-state index is 0.349. The van der Waals surface area contributed by atoms with E-state index >= 15 is 0 Å². The van der Waals surface area contributed by atoms with Gasteiger partial charge >= 0.3 is 7.41 Å². The number of amides is 1. The molecule has 0 bridgehead atoms. The quantitative estimate of drug-likeness (QED) is 0.493. The number of piperazine rings is 1. The van der Waals surface area contributed by atoms with Gasteiger partial charge in [-0.15, -0.1) is 0 Å². The third-order valence-electron chi connectivity index (χ3n) is 3.75. The van der Waals surface area contributed by atoms with Crippen LogP contribution in [0, 0.1) is 0 Å². The van der Waals surface area contributed by atoms with Crippen molar-refractivity contribution in [1.82, 2.24) is 15.2 Å². The standard InChI is InChI=1S/C14H21BN3O2/c1-11-8-17(15-14(19)16-20)9-12(2)18(11)10-13-6-4-3-5-7-13/h3-7,11-12,20H,8-10H2,1-2H3,(H,16,19)/t11-,12+. The Morgan fingerprint density at radius 2 is 1.90 bits per heavy atom. The second-order valence-corrected chi connectivity index (χ2v) is 5.42. The normalized spacial score (nSPS) is 24.4. The zero-order valence-electron chi connectivity index (χ0n) is 12.0. The van der Waals surface area contributed by atoms with Gasteiger partial charge in [-0.25, -0.2) is 5.48 Å². The van der Waals surface area contributed by atoms with Gasteiger partial charge in [-0.3, -0.25) is 14.9 Å². The van der Waals surface area contributed by atoms with E-state index in [9.17, 15) is 4.79 Å². The lowest BCUT2D eigenvalue weighted by Gasteiger charge is -2.44. The fourth-order valence-corrected chi connectivity index (χ4v) is 2.80. The average Bonchev–Trinajstić information content (AvgIpc) is 2.44. The van der Waals surface area contributed by atoms with Crippen molar-refractivity contribution in [3.8, 4) is 0 Å². The molecule has 1 radical (unpaired) electrons. The smallest absolute Gasteiger partial charge is 0.331 e. The lowest BCUT2D eigenvalue weighted by molar-refractivity contribution is 0.0691. The molecule has 0 unspecified atom stereocenters. The molecule has 20 heavy (non-hydrogen) atoms. The fourth-order valence-electron chi connectivity index (χ4n) is 2.80. The van der Waals surface area contributed by atoms with E-state index in [4.69, 9.17) is 5.21 Å². The van der Waals surface area contributed by atoms with Crippen molar-refractivity contribution in [3.63, 3.8) is 0 Å². The molecule has 2 atom stereocenters. The van der Waals surface area contributed by atoms with Gasteiger partial charge in [0.2, 0.25) is 5.81 Å². The van der Waals surface area contributed by atoms with Crippen molar-refractivity contribution < 1.29 is 10.0 Å². The van der Waals surface area contributed by atoms with Gasteiger partial charge in [0.05, 0.1) is 0 Å². The second-order valence-electron chi connectivity index (χ2n) is 5.42. The van der Waals surface area contributed by atoms with Gasteiger partial charge in [-0.2, -0.15) is 0 Å². The molecule has 1 saturated heterocycles. The molecule has 2 N–H and O–H groups in total. The maximum atomic E-state index is 11.2. The molecule has 1 amide bonds. The maximum Gasteiger partial charge on any atom is 0.331 e. The highest BCUT2D eigenvalue weighted by Crippen LogP contribution is 2.18. The highest BCUT2D eigenvalue weighted by atomic mass is 16.5. The molecule has 1 fully saturated rings. The number of nitrogens with zero attached hydrogens (tertiary/aromatic N) is 2. The lowest BCUT2D eigenvalue weighted by atomic mass is 9.87. The molecule has 1 aliphatic heterocycles. The van der Waals surface area contributed by atoms with Crippen LogP contribution >= 0.6 is 0 Å². The Morgan fingerprint density at radius 1 is 1.30 bits per heavy atom. The zero-order chi connectivity index (χ0) is 14.5. The van der Waals surface area contributed by atoms with Gasteiger partial charge in [0.25, 0.3) is 0 Å². The van der Waals surface area contributed by atoms with Crippen LogP contribution in [-0.4, -0.2) is 53.3 Å². The third-order valence-corrected chi connectivity index (χ3v) is 3.75. The minimum Gasteiger partial charge on any atom is -0.335 e. The summed E-state index contributed by atoms with van der Waals surface area (Å²) >= 11 is 0.